The van der Waals surface area contributed by atoms with Crippen LogP contribution in [0, 0.1) is 20.8 Å². The van der Waals surface area contributed by atoms with Gasteiger partial charge in [0.05, 0.1) is 11.1 Å². The van der Waals surface area contributed by atoms with Crippen molar-refractivity contribution >= 4 is 27.5 Å². The van der Waals surface area contributed by atoms with E-state index in [0.29, 0.717) is 11.8 Å². The van der Waals surface area contributed by atoms with Crippen LogP contribution < -0.4 is 10.1 Å². The third-order valence-electron chi connectivity index (χ3n) is 3.35. The lowest BCUT2D eigenvalue weighted by atomic mass is 10.3. The molecule has 21 heavy (non-hydrogen) atoms. The van der Waals surface area contributed by atoms with Gasteiger partial charge in [0, 0.05) is 19.0 Å². The maximum absolute atomic E-state index is 6.06. The van der Waals surface area contributed by atoms with E-state index in [9.17, 15) is 0 Å². The molecular formula is C14H17N5OS. The number of nitrogens with one attached hydrogen (secondary N) is 1. The maximum atomic E-state index is 6.06. The number of fused-ring (bicyclic) bond motifs is 1. The molecule has 0 fully saturated rings. The summed E-state index contributed by atoms with van der Waals surface area (Å²) in [4.78, 5) is 11.0. The Kier molecular flexibility index (Phi) is 3.29. The fourth-order valence-electron chi connectivity index (χ4n) is 2.20. The van der Waals surface area contributed by atoms with Gasteiger partial charge in [-0.1, -0.05) is 0 Å². The van der Waals surface area contributed by atoms with Crippen LogP contribution in [0.15, 0.2) is 6.07 Å². The third kappa shape index (κ3) is 2.33. The van der Waals surface area contributed by atoms with E-state index >= 15 is 0 Å². The van der Waals surface area contributed by atoms with Crippen LogP contribution in [-0.2, 0) is 7.05 Å². The minimum absolute atomic E-state index is 0.554. The molecule has 0 unspecified atom stereocenters. The summed E-state index contributed by atoms with van der Waals surface area (Å²) in [5, 5.41) is 8.27. The quantitative estimate of drug-likeness (QED) is 0.805. The average molecular weight is 303 g/mol. The van der Waals surface area contributed by atoms with Gasteiger partial charge in [0.15, 0.2) is 5.75 Å². The second kappa shape index (κ2) is 5.00. The Bertz CT molecular complexity index is 820. The predicted molar refractivity (Wildman–Crippen MR) is 84.5 cm³/mol. The predicted octanol–water partition coefficient (Wildman–Crippen LogP) is 3.18. The minimum atomic E-state index is 0.554. The molecule has 110 valence electrons. The van der Waals surface area contributed by atoms with Crippen molar-refractivity contribution < 1.29 is 4.74 Å². The lowest BCUT2D eigenvalue weighted by molar-refractivity contribution is 0.461. The number of hydrogen-bond acceptors (Lipinski definition) is 6. The first kappa shape index (κ1) is 13.8. The van der Waals surface area contributed by atoms with Gasteiger partial charge < -0.3 is 10.1 Å². The number of nitrogens with zero attached hydrogens (tertiary/aromatic N) is 4. The summed E-state index contributed by atoms with van der Waals surface area (Å²) in [5.74, 6) is 1.87. The first-order valence-corrected chi connectivity index (χ1v) is 7.45. The Morgan fingerprint density at radius 1 is 1.24 bits per heavy atom. The summed E-state index contributed by atoms with van der Waals surface area (Å²) < 4.78 is 7.87. The molecule has 0 saturated heterocycles. The van der Waals surface area contributed by atoms with Crippen LogP contribution >= 0.6 is 11.3 Å². The van der Waals surface area contributed by atoms with E-state index in [4.69, 9.17) is 4.74 Å². The molecule has 3 aromatic rings. The minimum Gasteiger partial charge on any atom is -0.434 e. The van der Waals surface area contributed by atoms with E-state index in [1.807, 2.05) is 20.9 Å². The van der Waals surface area contributed by atoms with E-state index in [0.717, 1.165) is 27.4 Å². The molecule has 0 aliphatic carbocycles. The van der Waals surface area contributed by atoms with Crippen molar-refractivity contribution in [1.82, 2.24) is 19.7 Å². The monoisotopic (exact) mass is 303 g/mol. The van der Waals surface area contributed by atoms with Crippen LogP contribution in [-0.4, -0.2) is 26.8 Å². The van der Waals surface area contributed by atoms with Crippen molar-refractivity contribution in [3.63, 3.8) is 0 Å². The topological polar surface area (TPSA) is 64.9 Å². The van der Waals surface area contributed by atoms with Gasteiger partial charge in [0.25, 0.3) is 0 Å². The number of anilines is 1. The summed E-state index contributed by atoms with van der Waals surface area (Å²) in [5.41, 5.74) is 1.82. The number of thiophene rings is 1. The highest BCUT2D eigenvalue weighted by atomic mass is 32.1. The summed E-state index contributed by atoms with van der Waals surface area (Å²) in [6.07, 6.45) is 0. The average Bonchev–Trinajstić information content (AvgIpc) is 2.93. The SMILES string of the molecule is CNc1nc(Oc2c(C)nn(C)c2C)c2cc(C)sc2n1. The number of rotatable bonds is 3. The van der Waals surface area contributed by atoms with Crippen molar-refractivity contribution in [2.75, 3.05) is 12.4 Å². The van der Waals surface area contributed by atoms with Gasteiger partial charge in [-0.2, -0.15) is 10.1 Å². The molecule has 3 heterocycles. The summed E-state index contributed by atoms with van der Waals surface area (Å²) in [6.45, 7) is 5.96. The molecule has 3 rings (SSSR count). The summed E-state index contributed by atoms with van der Waals surface area (Å²) in [6, 6.07) is 2.05. The first-order chi connectivity index (χ1) is 9.99. The van der Waals surface area contributed by atoms with E-state index in [-0.39, 0.29) is 0 Å². The van der Waals surface area contributed by atoms with Gasteiger partial charge in [0.1, 0.15) is 10.5 Å². The zero-order chi connectivity index (χ0) is 15.1. The highest BCUT2D eigenvalue weighted by Gasteiger charge is 2.17. The first-order valence-electron chi connectivity index (χ1n) is 6.63. The fraction of sp³-hybridized carbons (Fsp3) is 0.357. The molecule has 1 N–H and O–H groups in total. The Hall–Kier alpha value is -2.15. The molecule has 6 nitrogen and oxygen atoms in total. The second-order valence-electron chi connectivity index (χ2n) is 4.90. The largest absolute Gasteiger partial charge is 0.434 e. The van der Waals surface area contributed by atoms with Crippen molar-refractivity contribution in [3.05, 3.63) is 22.3 Å². The normalized spacial score (nSPS) is 11.1. The van der Waals surface area contributed by atoms with Crippen LogP contribution in [0.4, 0.5) is 5.95 Å². The highest BCUT2D eigenvalue weighted by molar-refractivity contribution is 7.18. The van der Waals surface area contributed by atoms with Gasteiger partial charge in [-0.15, -0.1) is 11.3 Å². The fourth-order valence-corrected chi connectivity index (χ4v) is 3.07. The highest BCUT2D eigenvalue weighted by Crippen LogP contribution is 2.35. The Balaban J connectivity index is 2.15. The molecule has 7 heteroatoms. The van der Waals surface area contributed by atoms with Crippen molar-refractivity contribution in [2.45, 2.75) is 20.8 Å². The van der Waals surface area contributed by atoms with Crippen LogP contribution in [0.3, 0.4) is 0 Å². The molecule has 0 aliphatic heterocycles. The Morgan fingerprint density at radius 2 is 2.00 bits per heavy atom. The molecule has 0 amide bonds. The lowest BCUT2D eigenvalue weighted by Gasteiger charge is -2.08. The number of aromatic nitrogens is 4. The number of aryl methyl sites for hydroxylation is 3. The zero-order valence-corrected chi connectivity index (χ0v) is 13.5. The summed E-state index contributed by atoms with van der Waals surface area (Å²) in [7, 11) is 3.70. The molecule has 0 bridgehead atoms. The van der Waals surface area contributed by atoms with E-state index in [1.165, 1.54) is 4.88 Å². The van der Waals surface area contributed by atoms with Gasteiger partial charge in [-0.3, -0.25) is 4.68 Å². The number of hydrogen-bond donors (Lipinski definition) is 1. The Morgan fingerprint density at radius 3 is 2.62 bits per heavy atom. The van der Waals surface area contributed by atoms with Crippen LogP contribution in [0.25, 0.3) is 10.2 Å². The molecule has 0 spiro atoms. The van der Waals surface area contributed by atoms with Crippen molar-refractivity contribution in [1.29, 1.82) is 0 Å². The molecule has 0 atom stereocenters. The van der Waals surface area contributed by atoms with Crippen LogP contribution in [0.5, 0.6) is 11.6 Å². The van der Waals surface area contributed by atoms with Gasteiger partial charge in [-0.25, -0.2) is 4.98 Å². The zero-order valence-electron chi connectivity index (χ0n) is 12.7. The lowest BCUT2D eigenvalue weighted by Crippen LogP contribution is -1.99. The molecule has 0 aliphatic rings. The Labute approximate surface area is 126 Å². The second-order valence-corrected chi connectivity index (χ2v) is 6.14. The van der Waals surface area contributed by atoms with Crippen LogP contribution in [0.2, 0.25) is 0 Å². The molecule has 0 aromatic carbocycles. The summed E-state index contributed by atoms with van der Waals surface area (Å²) >= 11 is 1.63. The van der Waals surface area contributed by atoms with Crippen molar-refractivity contribution in [2.24, 2.45) is 7.05 Å². The van der Waals surface area contributed by atoms with E-state index in [1.54, 1.807) is 23.1 Å². The molecule has 0 radical (unpaired) electrons. The van der Waals surface area contributed by atoms with E-state index < -0.39 is 0 Å². The standard InChI is InChI=1S/C14H17N5OS/c1-7-6-10-12(16-14(15-4)17-13(10)21-7)20-11-8(2)18-19(5)9(11)3/h6H,1-5H3,(H,15,16,17). The van der Waals surface area contributed by atoms with Gasteiger partial charge >= 0.3 is 0 Å². The smallest absolute Gasteiger partial charge is 0.233 e. The van der Waals surface area contributed by atoms with E-state index in [2.05, 4.69) is 33.4 Å². The third-order valence-corrected chi connectivity index (χ3v) is 4.29. The molecule has 3 aromatic heterocycles. The maximum Gasteiger partial charge on any atom is 0.233 e. The molecule has 0 saturated carbocycles. The van der Waals surface area contributed by atoms with Crippen molar-refractivity contribution in [3.8, 4) is 11.6 Å². The molecular weight excluding hydrogens is 286 g/mol. The van der Waals surface area contributed by atoms with Gasteiger partial charge in [0.2, 0.25) is 11.8 Å². The number of ether oxygens (including phenoxy) is 1. The van der Waals surface area contributed by atoms with Gasteiger partial charge in [-0.05, 0) is 26.8 Å². The van der Waals surface area contributed by atoms with Crippen LogP contribution in [0.1, 0.15) is 16.3 Å².